The summed E-state index contributed by atoms with van der Waals surface area (Å²) in [6.07, 6.45) is 2.41. The van der Waals surface area contributed by atoms with Gasteiger partial charge in [0.25, 0.3) is 5.91 Å². The molecule has 5 nitrogen and oxygen atoms in total. The van der Waals surface area contributed by atoms with Crippen LogP contribution in [0.25, 0.3) is 0 Å². The standard InChI is InChI=1S/C14H20N2O3S/c1-4-5-11-15-8(2)12(20-11)13(17)16-7-6-10(9(16)3)14(18)19/h9-10H,4-7H2,1-3H3,(H,18,19). The number of hydrogen-bond donors (Lipinski definition) is 1. The van der Waals surface area contributed by atoms with Gasteiger partial charge < -0.3 is 10.0 Å². The number of nitrogens with zero attached hydrogens (tertiary/aromatic N) is 2. The summed E-state index contributed by atoms with van der Waals surface area (Å²) in [6.45, 7) is 6.25. The molecule has 110 valence electrons. The van der Waals surface area contributed by atoms with Crippen molar-refractivity contribution in [3.05, 3.63) is 15.6 Å². The molecule has 1 saturated heterocycles. The molecule has 1 fully saturated rings. The zero-order chi connectivity index (χ0) is 14.9. The number of hydrogen-bond acceptors (Lipinski definition) is 4. The molecule has 2 heterocycles. The van der Waals surface area contributed by atoms with E-state index in [1.54, 1.807) is 4.90 Å². The maximum Gasteiger partial charge on any atom is 0.308 e. The molecule has 2 rings (SSSR count). The van der Waals surface area contributed by atoms with Crippen molar-refractivity contribution in [1.82, 2.24) is 9.88 Å². The lowest BCUT2D eigenvalue weighted by molar-refractivity contribution is -0.142. The molecule has 2 unspecified atom stereocenters. The topological polar surface area (TPSA) is 70.5 Å². The molecule has 0 bridgehead atoms. The second-order valence-electron chi connectivity index (χ2n) is 5.24. The van der Waals surface area contributed by atoms with E-state index in [1.165, 1.54) is 11.3 Å². The number of carboxylic acid groups (broad SMARTS) is 1. The van der Waals surface area contributed by atoms with Gasteiger partial charge in [0.1, 0.15) is 4.88 Å². The van der Waals surface area contributed by atoms with Crippen LogP contribution < -0.4 is 0 Å². The Hall–Kier alpha value is -1.43. The molecule has 0 spiro atoms. The van der Waals surface area contributed by atoms with Gasteiger partial charge in [0.05, 0.1) is 16.6 Å². The third-order valence-corrected chi connectivity index (χ3v) is 5.04. The highest BCUT2D eigenvalue weighted by molar-refractivity contribution is 7.13. The number of aryl methyl sites for hydroxylation is 2. The minimum absolute atomic E-state index is 0.0707. The highest BCUT2D eigenvalue weighted by Gasteiger charge is 2.39. The summed E-state index contributed by atoms with van der Waals surface area (Å²) in [5, 5.41) is 10.1. The Morgan fingerprint density at radius 1 is 1.50 bits per heavy atom. The van der Waals surface area contributed by atoms with E-state index in [4.69, 9.17) is 5.11 Å². The van der Waals surface area contributed by atoms with E-state index in [1.807, 2.05) is 13.8 Å². The molecular formula is C14H20N2O3S. The van der Waals surface area contributed by atoms with Gasteiger partial charge in [0.15, 0.2) is 0 Å². The highest BCUT2D eigenvalue weighted by Crippen LogP contribution is 2.29. The van der Waals surface area contributed by atoms with Gasteiger partial charge in [0, 0.05) is 12.6 Å². The van der Waals surface area contributed by atoms with E-state index in [9.17, 15) is 9.59 Å². The van der Waals surface area contributed by atoms with Crippen molar-refractivity contribution in [2.24, 2.45) is 5.92 Å². The van der Waals surface area contributed by atoms with Crippen molar-refractivity contribution in [3.63, 3.8) is 0 Å². The van der Waals surface area contributed by atoms with E-state index in [0.717, 1.165) is 23.5 Å². The summed E-state index contributed by atoms with van der Waals surface area (Å²) in [4.78, 5) is 30.5. The maximum absolute atomic E-state index is 12.6. The SMILES string of the molecule is CCCc1nc(C)c(C(=O)N2CCC(C(=O)O)C2C)s1. The number of aromatic nitrogens is 1. The van der Waals surface area contributed by atoms with E-state index in [0.29, 0.717) is 17.8 Å². The van der Waals surface area contributed by atoms with Crippen LogP contribution in [0.15, 0.2) is 0 Å². The van der Waals surface area contributed by atoms with Gasteiger partial charge in [-0.2, -0.15) is 0 Å². The van der Waals surface area contributed by atoms with E-state index in [-0.39, 0.29) is 11.9 Å². The molecule has 1 N–H and O–H groups in total. The Kier molecular flexibility index (Phi) is 4.42. The van der Waals surface area contributed by atoms with Gasteiger partial charge in [-0.25, -0.2) is 4.98 Å². The number of thiazole rings is 1. The number of likely N-dealkylation sites (tertiary alicyclic amines) is 1. The molecule has 0 aliphatic carbocycles. The smallest absolute Gasteiger partial charge is 0.308 e. The Balaban J connectivity index is 2.18. The van der Waals surface area contributed by atoms with Crippen LogP contribution >= 0.6 is 11.3 Å². The van der Waals surface area contributed by atoms with Crippen molar-refractivity contribution in [2.45, 2.75) is 46.1 Å². The van der Waals surface area contributed by atoms with Crippen LogP contribution in [-0.4, -0.2) is 39.5 Å². The lowest BCUT2D eigenvalue weighted by Gasteiger charge is -2.22. The lowest BCUT2D eigenvalue weighted by atomic mass is 10.0. The fourth-order valence-electron chi connectivity index (χ4n) is 2.66. The summed E-state index contributed by atoms with van der Waals surface area (Å²) in [5.74, 6) is -1.35. The van der Waals surface area contributed by atoms with Crippen LogP contribution in [0.4, 0.5) is 0 Å². The molecule has 0 saturated carbocycles. The summed E-state index contributed by atoms with van der Waals surface area (Å²) in [5.41, 5.74) is 0.759. The first-order valence-electron chi connectivity index (χ1n) is 6.95. The lowest BCUT2D eigenvalue weighted by Crippen LogP contribution is -2.37. The number of carbonyl (C=O) groups excluding carboxylic acids is 1. The first kappa shape index (κ1) is 15.0. The minimum atomic E-state index is -0.819. The summed E-state index contributed by atoms with van der Waals surface area (Å²) in [6, 6.07) is -0.254. The van der Waals surface area contributed by atoms with Gasteiger partial charge in [-0.05, 0) is 33.1 Å². The van der Waals surface area contributed by atoms with Crippen LogP contribution in [0, 0.1) is 12.8 Å². The van der Waals surface area contributed by atoms with Gasteiger partial charge in [-0.1, -0.05) is 6.92 Å². The maximum atomic E-state index is 12.6. The zero-order valence-corrected chi connectivity index (χ0v) is 12.9. The first-order valence-corrected chi connectivity index (χ1v) is 7.77. The fraction of sp³-hybridized carbons (Fsp3) is 0.643. The van der Waals surface area contributed by atoms with Crippen molar-refractivity contribution in [2.75, 3.05) is 6.54 Å². The van der Waals surface area contributed by atoms with Crippen LogP contribution in [-0.2, 0) is 11.2 Å². The van der Waals surface area contributed by atoms with Gasteiger partial charge in [-0.15, -0.1) is 11.3 Å². The second kappa shape index (κ2) is 5.91. The molecule has 0 aromatic carbocycles. The van der Waals surface area contributed by atoms with E-state index >= 15 is 0 Å². The van der Waals surface area contributed by atoms with Crippen LogP contribution in [0.3, 0.4) is 0 Å². The molecule has 1 aromatic heterocycles. The van der Waals surface area contributed by atoms with Crippen molar-refractivity contribution in [1.29, 1.82) is 0 Å². The number of carbonyl (C=O) groups is 2. The Labute approximate surface area is 122 Å². The average Bonchev–Trinajstić information content (AvgIpc) is 2.92. The number of carboxylic acids is 1. The van der Waals surface area contributed by atoms with Gasteiger partial charge in [0.2, 0.25) is 0 Å². The first-order chi connectivity index (χ1) is 9.45. The number of rotatable bonds is 4. The summed E-state index contributed by atoms with van der Waals surface area (Å²) in [7, 11) is 0. The Bertz CT molecular complexity index is 526. The predicted octanol–water partition coefficient (Wildman–Crippen LogP) is 2.34. The molecular weight excluding hydrogens is 276 g/mol. The Morgan fingerprint density at radius 2 is 2.20 bits per heavy atom. The normalized spacial score (nSPS) is 22.2. The predicted molar refractivity (Wildman–Crippen MR) is 77.1 cm³/mol. The largest absolute Gasteiger partial charge is 0.481 e. The highest BCUT2D eigenvalue weighted by atomic mass is 32.1. The van der Waals surface area contributed by atoms with Crippen molar-refractivity contribution in [3.8, 4) is 0 Å². The van der Waals surface area contributed by atoms with Gasteiger partial charge in [-0.3, -0.25) is 9.59 Å². The van der Waals surface area contributed by atoms with E-state index < -0.39 is 11.9 Å². The van der Waals surface area contributed by atoms with Crippen molar-refractivity contribution >= 4 is 23.2 Å². The molecule has 1 aliphatic rings. The second-order valence-corrected chi connectivity index (χ2v) is 6.33. The molecule has 1 aliphatic heterocycles. The van der Waals surface area contributed by atoms with Gasteiger partial charge >= 0.3 is 5.97 Å². The van der Waals surface area contributed by atoms with Crippen LogP contribution in [0.1, 0.15) is 47.1 Å². The Morgan fingerprint density at radius 3 is 2.75 bits per heavy atom. The zero-order valence-electron chi connectivity index (χ0n) is 12.0. The fourth-order valence-corrected chi connectivity index (χ4v) is 3.78. The molecule has 1 amide bonds. The van der Waals surface area contributed by atoms with Crippen molar-refractivity contribution < 1.29 is 14.7 Å². The molecule has 2 atom stereocenters. The number of amides is 1. The molecule has 0 radical (unpaired) electrons. The summed E-state index contributed by atoms with van der Waals surface area (Å²) < 4.78 is 0. The number of aliphatic carboxylic acids is 1. The monoisotopic (exact) mass is 296 g/mol. The van der Waals surface area contributed by atoms with Crippen LogP contribution in [0.2, 0.25) is 0 Å². The van der Waals surface area contributed by atoms with Crippen LogP contribution in [0.5, 0.6) is 0 Å². The third kappa shape index (κ3) is 2.70. The average molecular weight is 296 g/mol. The van der Waals surface area contributed by atoms with E-state index in [2.05, 4.69) is 11.9 Å². The molecule has 20 heavy (non-hydrogen) atoms. The quantitative estimate of drug-likeness (QED) is 0.925. The summed E-state index contributed by atoms with van der Waals surface area (Å²) >= 11 is 1.44. The molecule has 1 aromatic rings. The third-order valence-electron chi connectivity index (χ3n) is 3.83. The minimum Gasteiger partial charge on any atom is -0.481 e. The molecule has 6 heteroatoms.